The van der Waals surface area contributed by atoms with Gasteiger partial charge in [0, 0.05) is 12.7 Å². The normalized spacial score (nSPS) is 14.8. The van der Waals surface area contributed by atoms with Crippen LogP contribution in [0.3, 0.4) is 0 Å². The largest absolute Gasteiger partial charge is 0.455 e. The van der Waals surface area contributed by atoms with Crippen LogP contribution in [0.4, 0.5) is 0 Å². The van der Waals surface area contributed by atoms with Crippen LogP contribution in [-0.2, 0) is 16.1 Å². The van der Waals surface area contributed by atoms with Gasteiger partial charge in [-0.05, 0) is 25.0 Å². The lowest BCUT2D eigenvalue weighted by Gasteiger charge is -2.03. The molecule has 0 bridgehead atoms. The highest BCUT2D eigenvalue weighted by atomic mass is 16.5. The molecule has 15 heavy (non-hydrogen) atoms. The lowest BCUT2D eigenvalue weighted by Crippen LogP contribution is -2.15. The maximum atomic E-state index is 11.4. The van der Waals surface area contributed by atoms with Gasteiger partial charge < -0.3 is 4.74 Å². The lowest BCUT2D eigenvalue weighted by atomic mass is 10.2. The number of ether oxygens (including phenoxy) is 1. The summed E-state index contributed by atoms with van der Waals surface area (Å²) in [6.07, 6.45) is 3.37. The average Bonchev–Trinajstić information content (AvgIpc) is 2.81. The lowest BCUT2D eigenvalue weighted by molar-refractivity contribution is -0.137. The highest BCUT2D eigenvalue weighted by Crippen LogP contribution is 2.06. The van der Waals surface area contributed by atoms with Crippen molar-refractivity contribution >= 4 is 11.7 Å². The Labute approximate surface area is 88.0 Å². The predicted octanol–water partition coefficient (Wildman–Crippen LogP) is 1.36. The fourth-order valence-corrected chi connectivity index (χ4v) is 1.41. The molecule has 1 aliphatic heterocycles. The van der Waals surface area contributed by atoms with E-state index in [1.807, 2.05) is 18.2 Å². The number of aromatic nitrogens is 1. The molecule has 0 radical (unpaired) electrons. The molecule has 0 unspecified atom stereocenters. The zero-order valence-electron chi connectivity index (χ0n) is 8.35. The van der Waals surface area contributed by atoms with E-state index in [2.05, 4.69) is 9.98 Å². The van der Waals surface area contributed by atoms with Crippen molar-refractivity contribution in [1.29, 1.82) is 0 Å². The number of aliphatic imine (C=N–C) groups is 1. The van der Waals surface area contributed by atoms with Crippen molar-refractivity contribution in [3.05, 3.63) is 30.1 Å². The molecule has 0 aliphatic carbocycles. The molecule has 0 saturated heterocycles. The summed E-state index contributed by atoms with van der Waals surface area (Å²) in [4.78, 5) is 19.6. The molecule has 0 fully saturated rings. The van der Waals surface area contributed by atoms with Crippen LogP contribution < -0.4 is 0 Å². The van der Waals surface area contributed by atoms with Gasteiger partial charge in [-0.15, -0.1) is 0 Å². The molecule has 0 aromatic carbocycles. The van der Waals surface area contributed by atoms with Crippen LogP contribution in [0.5, 0.6) is 0 Å². The Hall–Kier alpha value is -1.71. The summed E-state index contributed by atoms with van der Waals surface area (Å²) in [6.45, 7) is 0.965. The third-order valence-corrected chi connectivity index (χ3v) is 2.19. The first-order valence-corrected chi connectivity index (χ1v) is 4.96. The minimum absolute atomic E-state index is 0.221. The minimum atomic E-state index is -0.307. The van der Waals surface area contributed by atoms with Crippen molar-refractivity contribution in [1.82, 2.24) is 4.98 Å². The van der Waals surface area contributed by atoms with Crippen LogP contribution in [0.25, 0.3) is 0 Å². The maximum absolute atomic E-state index is 11.4. The molecule has 0 spiro atoms. The van der Waals surface area contributed by atoms with Crippen LogP contribution >= 0.6 is 0 Å². The van der Waals surface area contributed by atoms with Gasteiger partial charge >= 0.3 is 5.97 Å². The second-order valence-electron chi connectivity index (χ2n) is 3.33. The van der Waals surface area contributed by atoms with Crippen molar-refractivity contribution < 1.29 is 9.53 Å². The number of pyridine rings is 1. The van der Waals surface area contributed by atoms with E-state index >= 15 is 0 Å². The molecule has 0 saturated carbocycles. The van der Waals surface area contributed by atoms with Gasteiger partial charge in [0.2, 0.25) is 0 Å². The second-order valence-corrected chi connectivity index (χ2v) is 3.33. The average molecular weight is 204 g/mol. The van der Waals surface area contributed by atoms with Gasteiger partial charge in [0.1, 0.15) is 12.3 Å². The Morgan fingerprint density at radius 3 is 3.07 bits per heavy atom. The summed E-state index contributed by atoms with van der Waals surface area (Å²) in [5, 5.41) is 0. The summed E-state index contributed by atoms with van der Waals surface area (Å²) in [7, 11) is 0. The van der Waals surface area contributed by atoms with Gasteiger partial charge in [-0.25, -0.2) is 4.79 Å². The second kappa shape index (κ2) is 4.68. The SMILES string of the molecule is O=C(OCc1ccccn1)C1=NCCC1. The number of nitrogens with zero attached hydrogens (tertiary/aromatic N) is 2. The van der Waals surface area contributed by atoms with Crippen molar-refractivity contribution in [3.8, 4) is 0 Å². The van der Waals surface area contributed by atoms with E-state index in [4.69, 9.17) is 4.74 Å². The Kier molecular flexibility index (Phi) is 3.07. The molecular weight excluding hydrogens is 192 g/mol. The van der Waals surface area contributed by atoms with Gasteiger partial charge in [0.15, 0.2) is 0 Å². The number of esters is 1. The van der Waals surface area contributed by atoms with E-state index in [9.17, 15) is 4.79 Å². The van der Waals surface area contributed by atoms with Gasteiger partial charge in [0.05, 0.1) is 5.69 Å². The van der Waals surface area contributed by atoms with E-state index in [0.717, 1.165) is 25.1 Å². The van der Waals surface area contributed by atoms with Crippen molar-refractivity contribution in [2.45, 2.75) is 19.4 Å². The molecular formula is C11H12N2O2. The monoisotopic (exact) mass is 204 g/mol. The number of rotatable bonds is 3. The molecule has 2 heterocycles. The third-order valence-electron chi connectivity index (χ3n) is 2.19. The Morgan fingerprint density at radius 1 is 1.47 bits per heavy atom. The van der Waals surface area contributed by atoms with E-state index in [1.165, 1.54) is 0 Å². The molecule has 0 N–H and O–H groups in total. The summed E-state index contributed by atoms with van der Waals surface area (Å²) < 4.78 is 5.08. The Bertz CT molecular complexity index is 373. The molecule has 0 amide bonds. The zero-order chi connectivity index (χ0) is 10.5. The molecule has 1 aromatic heterocycles. The van der Waals surface area contributed by atoms with E-state index in [-0.39, 0.29) is 12.6 Å². The topological polar surface area (TPSA) is 51.5 Å². The van der Waals surface area contributed by atoms with Crippen LogP contribution in [0, 0.1) is 0 Å². The van der Waals surface area contributed by atoms with E-state index < -0.39 is 0 Å². The van der Waals surface area contributed by atoms with Crippen LogP contribution in [-0.4, -0.2) is 23.2 Å². The molecule has 2 rings (SSSR count). The molecule has 0 atom stereocenters. The number of hydrogen-bond acceptors (Lipinski definition) is 4. The van der Waals surface area contributed by atoms with Crippen molar-refractivity contribution in [2.75, 3.05) is 6.54 Å². The van der Waals surface area contributed by atoms with E-state index in [0.29, 0.717) is 5.71 Å². The van der Waals surface area contributed by atoms with Crippen LogP contribution in [0.15, 0.2) is 29.4 Å². The number of hydrogen-bond donors (Lipinski definition) is 0. The fourth-order valence-electron chi connectivity index (χ4n) is 1.41. The van der Waals surface area contributed by atoms with Gasteiger partial charge in [0.25, 0.3) is 0 Å². The molecule has 4 heteroatoms. The van der Waals surface area contributed by atoms with Crippen LogP contribution in [0.1, 0.15) is 18.5 Å². The van der Waals surface area contributed by atoms with Crippen LogP contribution in [0.2, 0.25) is 0 Å². The van der Waals surface area contributed by atoms with Gasteiger partial charge in [-0.2, -0.15) is 0 Å². The number of carbonyl (C=O) groups is 1. The summed E-state index contributed by atoms with van der Waals surface area (Å²) >= 11 is 0. The Morgan fingerprint density at radius 2 is 2.40 bits per heavy atom. The highest BCUT2D eigenvalue weighted by molar-refractivity contribution is 6.36. The molecule has 78 valence electrons. The van der Waals surface area contributed by atoms with E-state index in [1.54, 1.807) is 6.20 Å². The quantitative estimate of drug-likeness (QED) is 0.698. The third kappa shape index (κ3) is 2.62. The minimum Gasteiger partial charge on any atom is -0.455 e. The molecule has 4 nitrogen and oxygen atoms in total. The highest BCUT2D eigenvalue weighted by Gasteiger charge is 2.16. The van der Waals surface area contributed by atoms with Crippen molar-refractivity contribution in [3.63, 3.8) is 0 Å². The fraction of sp³-hybridized carbons (Fsp3) is 0.364. The molecule has 1 aliphatic rings. The first-order chi connectivity index (χ1) is 7.36. The molecule has 1 aromatic rings. The summed E-state index contributed by atoms with van der Waals surface area (Å²) in [5.41, 5.74) is 1.32. The zero-order valence-corrected chi connectivity index (χ0v) is 8.35. The summed E-state index contributed by atoms with van der Waals surface area (Å²) in [6, 6.07) is 5.51. The maximum Gasteiger partial charge on any atom is 0.352 e. The Balaban J connectivity index is 1.86. The predicted molar refractivity (Wildman–Crippen MR) is 55.6 cm³/mol. The first-order valence-electron chi connectivity index (χ1n) is 4.96. The number of carbonyl (C=O) groups excluding carboxylic acids is 1. The first kappa shape index (κ1) is 9.83. The summed E-state index contributed by atoms with van der Waals surface area (Å²) in [5.74, 6) is -0.307. The smallest absolute Gasteiger partial charge is 0.352 e. The van der Waals surface area contributed by atoms with Gasteiger partial charge in [-0.1, -0.05) is 6.07 Å². The van der Waals surface area contributed by atoms with Crippen molar-refractivity contribution in [2.24, 2.45) is 4.99 Å². The standard InChI is InChI=1S/C11H12N2O2/c14-11(10-5-3-7-13-10)15-8-9-4-1-2-6-12-9/h1-2,4,6H,3,5,7-8H2. The van der Waals surface area contributed by atoms with Gasteiger partial charge in [-0.3, -0.25) is 9.98 Å².